The number of urea groups is 1. The van der Waals surface area contributed by atoms with E-state index in [1.807, 2.05) is 19.1 Å². The number of nitrogens with zero attached hydrogens (tertiary/aromatic N) is 1. The summed E-state index contributed by atoms with van der Waals surface area (Å²) in [7, 11) is 3.03. The summed E-state index contributed by atoms with van der Waals surface area (Å²) in [6, 6.07) is 9.69. The monoisotopic (exact) mass is 506 g/mol. The molecule has 0 aromatic heterocycles. The number of barbiturate groups is 1. The molecule has 2 aromatic rings. The first-order chi connectivity index (χ1) is 13.9. The zero-order valence-corrected chi connectivity index (χ0v) is 18.3. The highest BCUT2D eigenvalue weighted by Gasteiger charge is 2.36. The molecule has 29 heavy (non-hydrogen) atoms. The van der Waals surface area contributed by atoms with Gasteiger partial charge in [0.2, 0.25) is 0 Å². The van der Waals surface area contributed by atoms with E-state index in [1.165, 1.54) is 20.3 Å². The zero-order chi connectivity index (χ0) is 21.1. The number of halogens is 1. The van der Waals surface area contributed by atoms with Gasteiger partial charge >= 0.3 is 6.03 Å². The fraction of sp³-hybridized carbons (Fsp3) is 0.190. The second-order valence-electron chi connectivity index (χ2n) is 6.22. The fourth-order valence-corrected chi connectivity index (χ4v) is 3.81. The molecule has 0 spiro atoms. The van der Waals surface area contributed by atoms with Gasteiger partial charge in [-0.3, -0.25) is 14.9 Å². The van der Waals surface area contributed by atoms with Crippen molar-refractivity contribution in [3.8, 4) is 11.5 Å². The summed E-state index contributed by atoms with van der Waals surface area (Å²) in [5.74, 6) is -0.403. The largest absolute Gasteiger partial charge is 0.493 e. The van der Waals surface area contributed by atoms with Crippen molar-refractivity contribution in [1.29, 1.82) is 0 Å². The number of rotatable bonds is 5. The zero-order valence-electron chi connectivity index (χ0n) is 16.1. The molecule has 8 heteroatoms. The highest BCUT2D eigenvalue weighted by Crippen LogP contribution is 2.34. The Morgan fingerprint density at radius 2 is 1.76 bits per heavy atom. The van der Waals surface area contributed by atoms with Gasteiger partial charge in [-0.1, -0.05) is 19.1 Å². The minimum absolute atomic E-state index is 0.146. The minimum atomic E-state index is -0.775. The van der Waals surface area contributed by atoms with Crippen molar-refractivity contribution < 1.29 is 23.9 Å². The topological polar surface area (TPSA) is 84.9 Å². The van der Waals surface area contributed by atoms with E-state index in [4.69, 9.17) is 9.47 Å². The number of anilines is 1. The minimum Gasteiger partial charge on any atom is -0.493 e. The second-order valence-corrected chi connectivity index (χ2v) is 7.38. The van der Waals surface area contributed by atoms with Gasteiger partial charge in [0.25, 0.3) is 11.8 Å². The Balaban J connectivity index is 2.02. The lowest BCUT2D eigenvalue weighted by atomic mass is 10.1. The number of nitrogens with one attached hydrogen (secondary N) is 1. The van der Waals surface area contributed by atoms with E-state index in [2.05, 4.69) is 27.9 Å². The fourth-order valence-electron chi connectivity index (χ4n) is 2.96. The van der Waals surface area contributed by atoms with E-state index in [0.29, 0.717) is 22.7 Å². The van der Waals surface area contributed by atoms with E-state index >= 15 is 0 Å². The standard InChI is InChI=1S/C21H19IN2O5/c1-4-12-5-7-14(8-6-12)24-20(26)15(19(25)23-21(24)27)9-13-10-16(22)18(29-3)17(11-13)28-2/h5-11H,4H2,1-3H3,(H,23,25,27)/b15-9+. The molecule has 7 nitrogen and oxygen atoms in total. The van der Waals surface area contributed by atoms with Crippen molar-refractivity contribution in [2.45, 2.75) is 13.3 Å². The van der Waals surface area contributed by atoms with Gasteiger partial charge in [-0.25, -0.2) is 9.69 Å². The van der Waals surface area contributed by atoms with Gasteiger partial charge in [0.15, 0.2) is 11.5 Å². The van der Waals surface area contributed by atoms with E-state index in [-0.39, 0.29) is 5.57 Å². The molecule has 2 aromatic carbocycles. The van der Waals surface area contributed by atoms with Gasteiger partial charge in [0, 0.05) is 0 Å². The summed E-state index contributed by atoms with van der Waals surface area (Å²) in [6.45, 7) is 2.01. The Labute approximate surface area is 181 Å². The van der Waals surface area contributed by atoms with Crippen LogP contribution in [0.3, 0.4) is 0 Å². The molecule has 150 valence electrons. The first-order valence-corrected chi connectivity index (χ1v) is 9.89. The number of aryl methyl sites for hydroxylation is 1. The average molecular weight is 506 g/mol. The summed E-state index contributed by atoms with van der Waals surface area (Å²) in [5, 5.41) is 2.22. The number of hydrogen-bond acceptors (Lipinski definition) is 5. The number of hydrogen-bond donors (Lipinski definition) is 1. The Kier molecular flexibility index (Phi) is 6.21. The van der Waals surface area contributed by atoms with Crippen LogP contribution >= 0.6 is 22.6 Å². The molecule has 1 heterocycles. The molecule has 0 radical (unpaired) electrons. The first-order valence-electron chi connectivity index (χ1n) is 8.81. The summed E-state index contributed by atoms with van der Waals surface area (Å²) < 4.78 is 11.4. The molecule has 0 aliphatic carbocycles. The van der Waals surface area contributed by atoms with Gasteiger partial charge < -0.3 is 9.47 Å². The van der Waals surface area contributed by atoms with Crippen LogP contribution in [0.1, 0.15) is 18.1 Å². The third kappa shape index (κ3) is 4.12. The van der Waals surface area contributed by atoms with Crippen LogP contribution in [-0.2, 0) is 16.0 Å². The third-order valence-electron chi connectivity index (χ3n) is 4.47. The molecule has 1 fully saturated rings. The van der Waals surface area contributed by atoms with Gasteiger partial charge in [0.05, 0.1) is 23.5 Å². The third-order valence-corrected chi connectivity index (χ3v) is 5.27. The molecule has 0 saturated carbocycles. The molecule has 0 atom stereocenters. The Morgan fingerprint density at radius 1 is 1.07 bits per heavy atom. The molecule has 1 saturated heterocycles. The van der Waals surface area contributed by atoms with Crippen LogP contribution in [0.25, 0.3) is 6.08 Å². The number of ether oxygens (including phenoxy) is 2. The van der Waals surface area contributed by atoms with Crippen molar-refractivity contribution >= 4 is 52.2 Å². The lowest BCUT2D eigenvalue weighted by Crippen LogP contribution is -2.54. The second kappa shape index (κ2) is 8.64. The van der Waals surface area contributed by atoms with Crippen molar-refractivity contribution in [2.75, 3.05) is 19.1 Å². The molecule has 1 N–H and O–H groups in total. The number of methoxy groups -OCH3 is 2. The predicted octanol–water partition coefficient (Wildman–Crippen LogP) is 3.54. The lowest BCUT2D eigenvalue weighted by molar-refractivity contribution is -0.122. The van der Waals surface area contributed by atoms with Crippen molar-refractivity contribution in [2.24, 2.45) is 0 Å². The highest BCUT2D eigenvalue weighted by atomic mass is 127. The molecule has 0 bridgehead atoms. The van der Waals surface area contributed by atoms with Gasteiger partial charge in [0.1, 0.15) is 5.57 Å². The maximum absolute atomic E-state index is 13.0. The van der Waals surface area contributed by atoms with Crippen LogP contribution in [0.15, 0.2) is 42.0 Å². The number of carbonyl (C=O) groups excluding carboxylic acids is 3. The van der Waals surface area contributed by atoms with E-state index in [0.717, 1.165) is 20.5 Å². The van der Waals surface area contributed by atoms with E-state index < -0.39 is 17.8 Å². The van der Waals surface area contributed by atoms with Gasteiger partial charge in [-0.05, 0) is 70.5 Å². The maximum atomic E-state index is 13.0. The number of carbonyl (C=O) groups is 3. The molecule has 1 aliphatic rings. The van der Waals surface area contributed by atoms with Crippen LogP contribution in [0.2, 0.25) is 0 Å². The maximum Gasteiger partial charge on any atom is 0.335 e. The van der Waals surface area contributed by atoms with Crippen LogP contribution in [0, 0.1) is 3.57 Å². The van der Waals surface area contributed by atoms with Crippen molar-refractivity contribution in [1.82, 2.24) is 5.32 Å². The molecular weight excluding hydrogens is 487 g/mol. The quantitative estimate of drug-likeness (QED) is 0.381. The Morgan fingerprint density at radius 3 is 2.34 bits per heavy atom. The predicted molar refractivity (Wildman–Crippen MR) is 117 cm³/mol. The van der Waals surface area contributed by atoms with E-state index in [1.54, 1.807) is 24.3 Å². The number of amides is 4. The average Bonchev–Trinajstić information content (AvgIpc) is 2.71. The molecule has 4 amide bonds. The molecule has 1 aliphatic heterocycles. The summed E-state index contributed by atoms with van der Waals surface area (Å²) in [6.07, 6.45) is 2.27. The highest BCUT2D eigenvalue weighted by molar-refractivity contribution is 14.1. The van der Waals surface area contributed by atoms with Crippen LogP contribution in [0.5, 0.6) is 11.5 Å². The Hall–Kier alpha value is -2.88. The summed E-state index contributed by atoms with van der Waals surface area (Å²) >= 11 is 2.08. The molecule has 0 unspecified atom stereocenters. The summed E-state index contributed by atoms with van der Waals surface area (Å²) in [4.78, 5) is 38.6. The number of benzene rings is 2. The number of imide groups is 2. The van der Waals surface area contributed by atoms with Crippen molar-refractivity contribution in [3.63, 3.8) is 0 Å². The molecular formula is C21H19IN2O5. The normalized spacial score (nSPS) is 15.5. The lowest BCUT2D eigenvalue weighted by Gasteiger charge is -2.26. The Bertz CT molecular complexity index is 1010. The first kappa shape index (κ1) is 20.8. The SMILES string of the molecule is CCc1ccc(N2C(=O)NC(=O)/C(=C\c3cc(I)c(OC)c(OC)c3)C2=O)cc1. The smallest absolute Gasteiger partial charge is 0.335 e. The van der Waals surface area contributed by atoms with Gasteiger partial charge in [-0.15, -0.1) is 0 Å². The van der Waals surface area contributed by atoms with Crippen molar-refractivity contribution in [3.05, 3.63) is 56.7 Å². The summed E-state index contributed by atoms with van der Waals surface area (Å²) in [5.41, 5.74) is 1.89. The van der Waals surface area contributed by atoms with Crippen LogP contribution < -0.4 is 19.7 Å². The van der Waals surface area contributed by atoms with Gasteiger partial charge in [-0.2, -0.15) is 0 Å². The molecule has 3 rings (SSSR count). The van der Waals surface area contributed by atoms with Crippen LogP contribution in [-0.4, -0.2) is 32.1 Å². The van der Waals surface area contributed by atoms with E-state index in [9.17, 15) is 14.4 Å². The van der Waals surface area contributed by atoms with Crippen LogP contribution in [0.4, 0.5) is 10.5 Å².